The summed E-state index contributed by atoms with van der Waals surface area (Å²) in [4.78, 5) is 16.5. The molecule has 9 heteroatoms. The van der Waals surface area contributed by atoms with Gasteiger partial charge in [0.1, 0.15) is 5.75 Å². The van der Waals surface area contributed by atoms with Crippen molar-refractivity contribution in [1.82, 2.24) is 19.7 Å². The average molecular weight is 460 g/mol. The van der Waals surface area contributed by atoms with Crippen molar-refractivity contribution in [3.63, 3.8) is 0 Å². The van der Waals surface area contributed by atoms with Crippen molar-refractivity contribution in [2.24, 2.45) is 0 Å². The van der Waals surface area contributed by atoms with Gasteiger partial charge in [0.25, 0.3) is 0 Å². The van der Waals surface area contributed by atoms with E-state index in [4.69, 9.17) is 4.74 Å². The van der Waals surface area contributed by atoms with Gasteiger partial charge in [0.05, 0.1) is 11.4 Å². The minimum Gasteiger partial charge on any atom is -0.483 e. The van der Waals surface area contributed by atoms with Gasteiger partial charge in [-0.2, -0.15) is 0 Å². The maximum Gasteiger partial charge on any atom is 0.236 e. The lowest BCUT2D eigenvalue weighted by molar-refractivity contribution is -0.113. The normalized spacial score (nSPS) is 12.4. The number of anilines is 1. The Bertz CT molecular complexity index is 1010. The van der Waals surface area contributed by atoms with E-state index in [-0.39, 0.29) is 23.8 Å². The van der Waals surface area contributed by atoms with E-state index in [1.54, 1.807) is 0 Å². The first-order valence-corrected chi connectivity index (χ1v) is 12.2. The maximum atomic E-state index is 12.3. The highest BCUT2D eigenvalue weighted by Crippen LogP contribution is 2.28. The summed E-state index contributed by atoms with van der Waals surface area (Å²) in [6, 6.07) is 8.28. The van der Waals surface area contributed by atoms with Crippen LogP contribution in [0.25, 0.3) is 0 Å². The van der Waals surface area contributed by atoms with Crippen LogP contribution in [0.4, 0.5) is 5.13 Å². The molecule has 1 N–H and O–H groups in total. The molecule has 7 nitrogen and oxygen atoms in total. The van der Waals surface area contributed by atoms with E-state index in [9.17, 15) is 4.79 Å². The first-order valence-electron chi connectivity index (χ1n) is 10.3. The standard InChI is InChI=1S/C22H29N5O2S2/c1-13(2)17-7-9-18(10-8-17)29-16(6)20-25-26-22(27(20)14(3)4)31-12-19(28)24-21-23-15(5)11-30-21/h7-11,13-14,16H,12H2,1-6H3,(H,23,24,28). The number of rotatable bonds is 9. The number of hydrogen-bond acceptors (Lipinski definition) is 7. The second kappa shape index (κ2) is 10.3. The largest absolute Gasteiger partial charge is 0.483 e. The molecule has 2 heterocycles. The smallest absolute Gasteiger partial charge is 0.236 e. The maximum absolute atomic E-state index is 12.3. The van der Waals surface area contributed by atoms with Crippen LogP contribution >= 0.6 is 23.1 Å². The molecule has 31 heavy (non-hydrogen) atoms. The molecule has 0 fully saturated rings. The van der Waals surface area contributed by atoms with Crippen molar-refractivity contribution in [3.05, 3.63) is 46.7 Å². The summed E-state index contributed by atoms with van der Waals surface area (Å²) in [5, 5.41) is 14.7. The summed E-state index contributed by atoms with van der Waals surface area (Å²) in [6.07, 6.45) is -0.277. The Hall–Kier alpha value is -2.39. The van der Waals surface area contributed by atoms with Crippen LogP contribution < -0.4 is 10.1 Å². The molecule has 0 radical (unpaired) electrons. The zero-order valence-corrected chi connectivity index (χ0v) is 20.4. The van der Waals surface area contributed by atoms with Crippen molar-refractivity contribution < 1.29 is 9.53 Å². The van der Waals surface area contributed by atoms with Gasteiger partial charge in [-0.15, -0.1) is 21.5 Å². The van der Waals surface area contributed by atoms with Gasteiger partial charge < -0.3 is 14.6 Å². The van der Waals surface area contributed by atoms with Gasteiger partial charge in [0.2, 0.25) is 5.91 Å². The van der Waals surface area contributed by atoms with E-state index in [1.165, 1.54) is 28.7 Å². The first-order chi connectivity index (χ1) is 14.7. The molecule has 0 aliphatic rings. The Labute approximate surface area is 191 Å². The highest BCUT2D eigenvalue weighted by atomic mass is 32.2. The van der Waals surface area contributed by atoms with Gasteiger partial charge in [-0.05, 0) is 51.3 Å². The van der Waals surface area contributed by atoms with Crippen LogP contribution in [0.2, 0.25) is 0 Å². The fourth-order valence-corrected chi connectivity index (χ4v) is 4.61. The number of aromatic nitrogens is 4. The lowest BCUT2D eigenvalue weighted by Gasteiger charge is -2.19. The van der Waals surface area contributed by atoms with E-state index >= 15 is 0 Å². The fourth-order valence-electron chi connectivity index (χ4n) is 3.03. The van der Waals surface area contributed by atoms with Crippen molar-refractivity contribution >= 4 is 34.1 Å². The molecule has 1 atom stereocenters. The third-order valence-corrected chi connectivity index (χ3v) is 6.45. The lowest BCUT2D eigenvalue weighted by atomic mass is 10.0. The molecule has 0 saturated carbocycles. The Balaban J connectivity index is 1.66. The molecule has 0 saturated heterocycles. The molecular formula is C22H29N5O2S2. The van der Waals surface area contributed by atoms with E-state index in [2.05, 4.69) is 60.3 Å². The van der Waals surface area contributed by atoms with Crippen LogP contribution in [-0.2, 0) is 4.79 Å². The summed E-state index contributed by atoms with van der Waals surface area (Å²) in [6.45, 7) is 12.3. The van der Waals surface area contributed by atoms with Gasteiger partial charge in [-0.3, -0.25) is 4.79 Å². The van der Waals surface area contributed by atoms with Crippen molar-refractivity contribution in [3.8, 4) is 5.75 Å². The molecule has 0 aliphatic heterocycles. The van der Waals surface area contributed by atoms with Crippen LogP contribution in [0.3, 0.4) is 0 Å². The van der Waals surface area contributed by atoms with E-state index < -0.39 is 0 Å². The van der Waals surface area contributed by atoms with Crippen LogP contribution in [0.1, 0.15) is 69.8 Å². The summed E-state index contributed by atoms with van der Waals surface area (Å²) in [5.41, 5.74) is 2.17. The van der Waals surface area contributed by atoms with Crippen molar-refractivity contribution in [2.75, 3.05) is 11.1 Å². The highest BCUT2D eigenvalue weighted by molar-refractivity contribution is 7.99. The number of amides is 1. The Morgan fingerprint density at radius 1 is 1.16 bits per heavy atom. The molecule has 0 spiro atoms. The van der Waals surface area contributed by atoms with Crippen molar-refractivity contribution in [1.29, 1.82) is 0 Å². The molecule has 3 aromatic rings. The lowest BCUT2D eigenvalue weighted by Crippen LogP contribution is -2.16. The van der Waals surface area contributed by atoms with Crippen LogP contribution in [0.15, 0.2) is 34.8 Å². The summed E-state index contributed by atoms with van der Waals surface area (Å²) in [5.74, 6) is 2.12. The molecule has 2 aromatic heterocycles. The Morgan fingerprint density at radius 3 is 2.45 bits per heavy atom. The molecule has 3 rings (SSSR count). The number of nitrogens with one attached hydrogen (secondary N) is 1. The van der Waals surface area contributed by atoms with Gasteiger partial charge in [-0.25, -0.2) is 4.98 Å². The fraction of sp³-hybridized carbons (Fsp3) is 0.455. The van der Waals surface area contributed by atoms with Crippen molar-refractivity contribution in [2.45, 2.75) is 64.8 Å². The predicted molar refractivity (Wildman–Crippen MR) is 126 cm³/mol. The predicted octanol–water partition coefficient (Wildman–Crippen LogP) is 5.62. The molecule has 166 valence electrons. The van der Waals surface area contributed by atoms with E-state index in [0.717, 1.165) is 17.3 Å². The van der Waals surface area contributed by atoms with Crippen LogP contribution in [0.5, 0.6) is 5.75 Å². The number of hydrogen-bond donors (Lipinski definition) is 1. The number of thioether (sulfide) groups is 1. The zero-order chi connectivity index (χ0) is 22.5. The highest BCUT2D eigenvalue weighted by Gasteiger charge is 2.22. The van der Waals surface area contributed by atoms with Crippen LogP contribution in [0, 0.1) is 6.92 Å². The summed E-state index contributed by atoms with van der Waals surface area (Å²) < 4.78 is 8.15. The van der Waals surface area contributed by atoms with Crippen LogP contribution in [-0.4, -0.2) is 31.4 Å². The number of nitrogens with zero attached hydrogens (tertiary/aromatic N) is 4. The Morgan fingerprint density at radius 2 is 1.87 bits per heavy atom. The third-order valence-electron chi connectivity index (χ3n) is 4.63. The summed E-state index contributed by atoms with van der Waals surface area (Å²) in [7, 11) is 0. The number of carbonyl (C=O) groups excluding carboxylic acids is 1. The second-order valence-corrected chi connectivity index (χ2v) is 9.72. The van der Waals surface area contributed by atoms with E-state index in [0.29, 0.717) is 16.2 Å². The average Bonchev–Trinajstić information content (AvgIpc) is 3.32. The minimum absolute atomic E-state index is 0.117. The SMILES string of the molecule is Cc1csc(NC(=O)CSc2nnc(C(C)Oc3ccc(C(C)C)cc3)n2C(C)C)n1. The summed E-state index contributed by atoms with van der Waals surface area (Å²) >= 11 is 2.77. The third kappa shape index (κ3) is 6.07. The molecule has 1 unspecified atom stereocenters. The topological polar surface area (TPSA) is 81.9 Å². The van der Waals surface area contributed by atoms with Gasteiger partial charge >= 0.3 is 0 Å². The molecule has 0 bridgehead atoms. The number of benzene rings is 1. The zero-order valence-electron chi connectivity index (χ0n) is 18.7. The quantitative estimate of drug-likeness (QED) is 0.418. The molecule has 1 aromatic carbocycles. The van der Waals surface area contributed by atoms with E-state index in [1.807, 2.05) is 35.9 Å². The molecular weight excluding hydrogens is 430 g/mol. The monoisotopic (exact) mass is 459 g/mol. The molecule has 1 amide bonds. The van der Waals surface area contributed by atoms with Gasteiger partial charge in [0.15, 0.2) is 22.2 Å². The number of carbonyl (C=O) groups is 1. The Kier molecular flexibility index (Phi) is 7.72. The van der Waals surface area contributed by atoms with Gasteiger partial charge in [-0.1, -0.05) is 37.7 Å². The molecule has 0 aliphatic carbocycles. The first kappa shape index (κ1) is 23.3. The second-order valence-electron chi connectivity index (χ2n) is 7.92. The van der Waals surface area contributed by atoms with Gasteiger partial charge in [0, 0.05) is 11.4 Å². The number of ether oxygens (including phenoxy) is 1. The minimum atomic E-state index is -0.277. The number of thiazole rings is 1. The number of aryl methyl sites for hydroxylation is 1.